The number of rotatable bonds is 12. The van der Waals surface area contributed by atoms with E-state index in [9.17, 15) is 5.11 Å². The molecule has 112 valence electrons. The quantitative estimate of drug-likeness (QED) is 0.473. The summed E-state index contributed by atoms with van der Waals surface area (Å²) in [5.74, 6) is -2.05. The SMILES string of the molecule is CCCCP(Cl)(CCCC)(CCCC)CCCO. The zero-order chi connectivity index (χ0) is 13.9. The number of halogens is 1. The third kappa shape index (κ3) is 6.73. The molecule has 1 N–H and O–H groups in total. The molecule has 0 aliphatic heterocycles. The van der Waals surface area contributed by atoms with Crippen molar-refractivity contribution in [1.29, 1.82) is 0 Å². The van der Waals surface area contributed by atoms with E-state index >= 15 is 0 Å². The summed E-state index contributed by atoms with van der Waals surface area (Å²) < 4.78 is 0. The van der Waals surface area contributed by atoms with Gasteiger partial charge < -0.3 is 0 Å². The summed E-state index contributed by atoms with van der Waals surface area (Å²) in [5, 5.41) is 9.18. The molecule has 0 aliphatic rings. The monoisotopic (exact) mass is 296 g/mol. The van der Waals surface area contributed by atoms with E-state index in [1.807, 2.05) is 0 Å². The standard InChI is InChI=1S/C15H34ClOP/c1-4-7-12-18(16,13-8-5-2,14-9-6-3)15-10-11-17/h17H,4-15H2,1-3H3. The van der Waals surface area contributed by atoms with Crippen molar-refractivity contribution in [3.05, 3.63) is 0 Å². The summed E-state index contributed by atoms with van der Waals surface area (Å²) in [4.78, 5) is 0. The maximum absolute atomic E-state index is 9.18. The first kappa shape index (κ1) is 18.7. The van der Waals surface area contributed by atoms with Crippen LogP contribution >= 0.6 is 17.2 Å². The Morgan fingerprint density at radius 3 is 1.33 bits per heavy atom. The summed E-state index contributed by atoms with van der Waals surface area (Å²) in [7, 11) is 0. The van der Waals surface area contributed by atoms with E-state index in [0.29, 0.717) is 6.61 Å². The molecule has 0 aromatic rings. The Morgan fingerprint density at radius 2 is 1.06 bits per heavy atom. The Kier molecular flexibility index (Phi) is 9.92. The summed E-state index contributed by atoms with van der Waals surface area (Å²) in [6.45, 7) is 7.06. The van der Waals surface area contributed by atoms with Crippen LogP contribution in [0.15, 0.2) is 0 Å². The third-order valence-electron chi connectivity index (χ3n) is 4.09. The minimum atomic E-state index is -2.05. The first-order valence-corrected chi connectivity index (χ1v) is 11.8. The summed E-state index contributed by atoms with van der Waals surface area (Å²) in [6.07, 6.45) is 13.2. The van der Waals surface area contributed by atoms with Gasteiger partial charge in [-0.3, -0.25) is 0 Å². The summed E-state index contributed by atoms with van der Waals surface area (Å²) >= 11 is 7.33. The van der Waals surface area contributed by atoms with Crippen LogP contribution in [0.25, 0.3) is 0 Å². The molecule has 0 saturated carbocycles. The van der Waals surface area contributed by atoms with Crippen LogP contribution in [0.1, 0.15) is 65.7 Å². The van der Waals surface area contributed by atoms with E-state index < -0.39 is 5.96 Å². The molecule has 0 rings (SSSR count). The predicted molar refractivity (Wildman–Crippen MR) is 88.7 cm³/mol. The maximum atomic E-state index is 9.18. The van der Waals surface area contributed by atoms with Gasteiger partial charge in [0.2, 0.25) is 0 Å². The molecule has 0 spiro atoms. The van der Waals surface area contributed by atoms with Crippen LogP contribution in [0.4, 0.5) is 0 Å². The van der Waals surface area contributed by atoms with Crippen LogP contribution in [-0.2, 0) is 0 Å². The van der Waals surface area contributed by atoms with Gasteiger partial charge in [-0.15, -0.1) is 0 Å². The van der Waals surface area contributed by atoms with Crippen LogP contribution in [0.5, 0.6) is 0 Å². The van der Waals surface area contributed by atoms with Crippen molar-refractivity contribution in [3.63, 3.8) is 0 Å². The molecule has 0 aliphatic carbocycles. The molecule has 0 atom stereocenters. The van der Waals surface area contributed by atoms with Crippen LogP contribution in [0, 0.1) is 0 Å². The molecule has 0 unspecified atom stereocenters. The van der Waals surface area contributed by atoms with Gasteiger partial charge in [-0.1, -0.05) is 0 Å². The topological polar surface area (TPSA) is 20.2 Å². The van der Waals surface area contributed by atoms with Gasteiger partial charge in [-0.25, -0.2) is 0 Å². The normalized spacial score (nSPS) is 14.4. The molecule has 0 radical (unpaired) electrons. The fourth-order valence-electron chi connectivity index (χ4n) is 2.80. The second-order valence-electron chi connectivity index (χ2n) is 5.85. The second kappa shape index (κ2) is 9.56. The first-order valence-electron chi connectivity index (χ1n) is 7.87. The molecule has 3 heteroatoms. The Hall–Kier alpha value is 0.680. The average molecular weight is 297 g/mol. The molecule has 0 fully saturated rings. The Labute approximate surface area is 119 Å². The van der Waals surface area contributed by atoms with Gasteiger partial charge >= 0.3 is 119 Å². The fourth-order valence-corrected chi connectivity index (χ4v) is 9.82. The van der Waals surface area contributed by atoms with E-state index in [-0.39, 0.29) is 0 Å². The Bertz CT molecular complexity index is 165. The Balaban J connectivity index is 4.82. The average Bonchev–Trinajstić information content (AvgIpc) is 2.40. The number of hydrogen-bond acceptors (Lipinski definition) is 1. The van der Waals surface area contributed by atoms with Crippen LogP contribution < -0.4 is 0 Å². The van der Waals surface area contributed by atoms with Crippen molar-refractivity contribution in [1.82, 2.24) is 0 Å². The molecule has 0 aromatic carbocycles. The van der Waals surface area contributed by atoms with E-state index in [1.165, 1.54) is 57.0 Å². The molecule has 0 saturated heterocycles. The van der Waals surface area contributed by atoms with Crippen LogP contribution in [0.2, 0.25) is 0 Å². The number of hydrogen-bond donors (Lipinski definition) is 1. The van der Waals surface area contributed by atoms with Gasteiger partial charge in [0, 0.05) is 0 Å². The molecule has 0 heterocycles. The van der Waals surface area contributed by atoms with Crippen molar-refractivity contribution >= 4 is 17.2 Å². The summed E-state index contributed by atoms with van der Waals surface area (Å²) in [6, 6.07) is 0. The van der Waals surface area contributed by atoms with Gasteiger partial charge in [0.05, 0.1) is 0 Å². The van der Waals surface area contributed by atoms with Gasteiger partial charge in [-0.05, 0) is 0 Å². The number of unbranched alkanes of at least 4 members (excludes halogenated alkanes) is 3. The molecule has 0 amide bonds. The molecule has 0 aromatic heterocycles. The van der Waals surface area contributed by atoms with Gasteiger partial charge in [-0.2, -0.15) is 0 Å². The molecule has 1 nitrogen and oxygen atoms in total. The van der Waals surface area contributed by atoms with Gasteiger partial charge in [0.25, 0.3) is 0 Å². The predicted octanol–water partition coefficient (Wildman–Crippen LogP) is 5.48. The second-order valence-corrected chi connectivity index (χ2v) is 14.1. The zero-order valence-corrected chi connectivity index (χ0v) is 14.4. The Morgan fingerprint density at radius 1 is 0.722 bits per heavy atom. The third-order valence-corrected chi connectivity index (χ3v) is 11.9. The minimum absolute atomic E-state index is 0.301. The molecular formula is C15H34ClOP. The molecule has 0 bridgehead atoms. The molecular weight excluding hydrogens is 263 g/mol. The first-order chi connectivity index (χ1) is 8.54. The zero-order valence-electron chi connectivity index (χ0n) is 12.8. The van der Waals surface area contributed by atoms with E-state index in [0.717, 1.165) is 12.6 Å². The van der Waals surface area contributed by atoms with Crippen molar-refractivity contribution in [2.24, 2.45) is 0 Å². The van der Waals surface area contributed by atoms with Crippen molar-refractivity contribution in [3.8, 4) is 0 Å². The van der Waals surface area contributed by atoms with E-state index in [1.54, 1.807) is 0 Å². The number of aliphatic hydroxyl groups excluding tert-OH is 1. The van der Waals surface area contributed by atoms with Crippen LogP contribution in [0.3, 0.4) is 0 Å². The van der Waals surface area contributed by atoms with Crippen molar-refractivity contribution in [2.45, 2.75) is 65.7 Å². The van der Waals surface area contributed by atoms with Gasteiger partial charge in [0.15, 0.2) is 0 Å². The van der Waals surface area contributed by atoms with Gasteiger partial charge in [0.1, 0.15) is 0 Å². The van der Waals surface area contributed by atoms with Crippen LogP contribution in [-0.4, -0.2) is 36.4 Å². The molecule has 18 heavy (non-hydrogen) atoms. The number of aliphatic hydroxyl groups is 1. The fraction of sp³-hybridized carbons (Fsp3) is 1.00. The van der Waals surface area contributed by atoms with E-state index in [4.69, 9.17) is 11.2 Å². The van der Waals surface area contributed by atoms with Crippen molar-refractivity contribution < 1.29 is 5.11 Å². The van der Waals surface area contributed by atoms with E-state index in [2.05, 4.69) is 20.8 Å². The summed E-state index contributed by atoms with van der Waals surface area (Å²) in [5.41, 5.74) is 0. The van der Waals surface area contributed by atoms with Crippen molar-refractivity contribution in [2.75, 3.05) is 31.3 Å².